The summed E-state index contributed by atoms with van der Waals surface area (Å²) in [6, 6.07) is 0.275. The van der Waals surface area contributed by atoms with Crippen molar-refractivity contribution in [3.8, 4) is 0 Å². The number of hydrogen-bond acceptors (Lipinski definition) is 2. The zero-order valence-corrected chi connectivity index (χ0v) is 13.0. The molecule has 0 aliphatic heterocycles. The van der Waals surface area contributed by atoms with Crippen LogP contribution in [-0.4, -0.2) is 16.3 Å². The fraction of sp³-hybridized carbons (Fsp3) is 0.786. The summed E-state index contributed by atoms with van der Waals surface area (Å²) in [5, 5.41) is 8.74. The first kappa shape index (κ1) is 15.5. The first-order chi connectivity index (χ1) is 8.52. The molecule has 0 amide bonds. The third-order valence-corrected chi connectivity index (χ3v) is 3.86. The SMILES string of the molecule is CCCn1ncc(Cl)c1C(NCC)C(C)C(C)C. The van der Waals surface area contributed by atoms with Gasteiger partial charge in [-0.3, -0.25) is 4.68 Å². The first-order valence-electron chi connectivity index (χ1n) is 6.97. The number of aromatic nitrogens is 2. The van der Waals surface area contributed by atoms with Crippen molar-refractivity contribution in [2.45, 2.75) is 53.6 Å². The van der Waals surface area contributed by atoms with Crippen LogP contribution in [0.15, 0.2) is 6.20 Å². The average Bonchev–Trinajstić information content (AvgIpc) is 2.67. The summed E-state index contributed by atoms with van der Waals surface area (Å²) in [5.74, 6) is 1.13. The van der Waals surface area contributed by atoms with Gasteiger partial charge in [-0.15, -0.1) is 0 Å². The van der Waals surface area contributed by atoms with Crippen molar-refractivity contribution in [1.29, 1.82) is 0 Å². The second kappa shape index (κ2) is 7.15. The third-order valence-electron chi connectivity index (χ3n) is 3.56. The van der Waals surface area contributed by atoms with Gasteiger partial charge in [0.25, 0.3) is 0 Å². The van der Waals surface area contributed by atoms with Crippen LogP contribution in [0.3, 0.4) is 0 Å². The molecule has 2 atom stereocenters. The molecule has 1 N–H and O–H groups in total. The molecular formula is C14H26ClN3. The molecular weight excluding hydrogens is 246 g/mol. The van der Waals surface area contributed by atoms with Crippen LogP contribution in [0.5, 0.6) is 0 Å². The maximum Gasteiger partial charge on any atom is 0.0834 e. The van der Waals surface area contributed by atoms with E-state index in [2.05, 4.69) is 49.7 Å². The molecule has 0 bridgehead atoms. The van der Waals surface area contributed by atoms with Crippen molar-refractivity contribution in [2.75, 3.05) is 6.54 Å². The van der Waals surface area contributed by atoms with Crippen LogP contribution in [0.1, 0.15) is 52.8 Å². The predicted octanol–water partition coefficient (Wildman–Crippen LogP) is 3.89. The van der Waals surface area contributed by atoms with Crippen molar-refractivity contribution in [3.63, 3.8) is 0 Å². The van der Waals surface area contributed by atoms with E-state index in [0.717, 1.165) is 30.2 Å². The second-order valence-electron chi connectivity index (χ2n) is 5.24. The fourth-order valence-electron chi connectivity index (χ4n) is 2.21. The molecule has 1 rings (SSSR count). The lowest BCUT2D eigenvalue weighted by atomic mass is 9.88. The molecule has 104 valence electrons. The standard InChI is InChI=1S/C14H26ClN3/c1-6-8-18-14(12(15)9-17-18)13(16-7-2)11(5)10(3)4/h9-11,13,16H,6-8H2,1-5H3. The Morgan fingerprint density at radius 1 is 1.33 bits per heavy atom. The highest BCUT2D eigenvalue weighted by Gasteiger charge is 2.26. The Morgan fingerprint density at radius 3 is 2.50 bits per heavy atom. The highest BCUT2D eigenvalue weighted by molar-refractivity contribution is 6.31. The highest BCUT2D eigenvalue weighted by atomic mass is 35.5. The zero-order chi connectivity index (χ0) is 13.7. The molecule has 1 aromatic heterocycles. The number of nitrogens with zero attached hydrogens (tertiary/aromatic N) is 2. The van der Waals surface area contributed by atoms with Gasteiger partial charge < -0.3 is 5.32 Å². The van der Waals surface area contributed by atoms with Gasteiger partial charge in [-0.05, 0) is 24.8 Å². The Morgan fingerprint density at radius 2 is 2.00 bits per heavy atom. The summed E-state index contributed by atoms with van der Waals surface area (Å²) in [4.78, 5) is 0. The summed E-state index contributed by atoms with van der Waals surface area (Å²) in [5.41, 5.74) is 1.14. The number of halogens is 1. The van der Waals surface area contributed by atoms with Crippen molar-refractivity contribution in [3.05, 3.63) is 16.9 Å². The van der Waals surface area contributed by atoms with Gasteiger partial charge in [0, 0.05) is 6.54 Å². The normalized spacial score (nSPS) is 15.1. The maximum atomic E-state index is 6.34. The number of hydrogen-bond donors (Lipinski definition) is 1. The predicted molar refractivity (Wildman–Crippen MR) is 77.9 cm³/mol. The van der Waals surface area contributed by atoms with E-state index >= 15 is 0 Å². The van der Waals surface area contributed by atoms with Crippen LogP contribution in [0.2, 0.25) is 5.02 Å². The number of nitrogens with one attached hydrogen (secondary N) is 1. The van der Waals surface area contributed by atoms with Crippen LogP contribution in [-0.2, 0) is 6.54 Å². The monoisotopic (exact) mass is 271 g/mol. The van der Waals surface area contributed by atoms with E-state index in [9.17, 15) is 0 Å². The number of rotatable bonds is 7. The maximum absolute atomic E-state index is 6.34. The molecule has 1 heterocycles. The van der Waals surface area contributed by atoms with Gasteiger partial charge in [-0.1, -0.05) is 46.2 Å². The minimum absolute atomic E-state index is 0.275. The van der Waals surface area contributed by atoms with Crippen molar-refractivity contribution in [1.82, 2.24) is 15.1 Å². The number of aryl methyl sites for hydroxylation is 1. The van der Waals surface area contributed by atoms with Gasteiger partial charge in [-0.25, -0.2) is 0 Å². The molecule has 0 spiro atoms. The summed E-state index contributed by atoms with van der Waals surface area (Å²) >= 11 is 6.34. The molecule has 0 saturated heterocycles. The van der Waals surface area contributed by atoms with E-state index in [4.69, 9.17) is 11.6 Å². The van der Waals surface area contributed by atoms with Gasteiger partial charge in [-0.2, -0.15) is 5.10 Å². The Hall–Kier alpha value is -0.540. The van der Waals surface area contributed by atoms with Gasteiger partial charge in [0.15, 0.2) is 0 Å². The molecule has 2 unspecified atom stereocenters. The topological polar surface area (TPSA) is 29.9 Å². The van der Waals surface area contributed by atoms with Crippen molar-refractivity contribution < 1.29 is 0 Å². The summed E-state index contributed by atoms with van der Waals surface area (Å²) in [7, 11) is 0. The van der Waals surface area contributed by atoms with Gasteiger partial charge >= 0.3 is 0 Å². The molecule has 3 nitrogen and oxygen atoms in total. The van der Waals surface area contributed by atoms with Gasteiger partial charge in [0.2, 0.25) is 0 Å². The van der Waals surface area contributed by atoms with Gasteiger partial charge in [0.1, 0.15) is 0 Å². The highest BCUT2D eigenvalue weighted by Crippen LogP contribution is 2.32. The van der Waals surface area contributed by atoms with E-state index in [-0.39, 0.29) is 6.04 Å². The quantitative estimate of drug-likeness (QED) is 0.815. The van der Waals surface area contributed by atoms with Crippen LogP contribution in [0.4, 0.5) is 0 Å². The Bertz CT molecular complexity index is 360. The molecule has 0 aromatic carbocycles. The minimum atomic E-state index is 0.275. The van der Waals surface area contributed by atoms with Gasteiger partial charge in [0.05, 0.1) is 23.0 Å². The van der Waals surface area contributed by atoms with Crippen LogP contribution < -0.4 is 5.32 Å². The summed E-state index contributed by atoms with van der Waals surface area (Å²) < 4.78 is 2.05. The molecule has 0 fully saturated rings. The van der Waals surface area contributed by atoms with Crippen LogP contribution in [0, 0.1) is 11.8 Å². The summed E-state index contributed by atoms with van der Waals surface area (Å²) in [6.45, 7) is 12.9. The van der Waals surface area contributed by atoms with E-state index in [1.807, 2.05) is 0 Å². The largest absolute Gasteiger partial charge is 0.309 e. The van der Waals surface area contributed by atoms with Crippen LogP contribution >= 0.6 is 11.6 Å². The second-order valence-corrected chi connectivity index (χ2v) is 5.65. The lowest BCUT2D eigenvalue weighted by Crippen LogP contribution is -2.31. The smallest absolute Gasteiger partial charge is 0.0834 e. The molecule has 1 aromatic rings. The van der Waals surface area contributed by atoms with E-state index in [1.165, 1.54) is 0 Å². The van der Waals surface area contributed by atoms with E-state index < -0.39 is 0 Å². The molecule has 0 saturated carbocycles. The lowest BCUT2D eigenvalue weighted by Gasteiger charge is -2.28. The molecule has 4 heteroatoms. The average molecular weight is 272 g/mol. The fourth-order valence-corrected chi connectivity index (χ4v) is 2.47. The minimum Gasteiger partial charge on any atom is -0.309 e. The first-order valence-corrected chi connectivity index (χ1v) is 7.35. The van der Waals surface area contributed by atoms with Crippen molar-refractivity contribution in [2.24, 2.45) is 11.8 Å². The Labute approximate surface area is 116 Å². The van der Waals surface area contributed by atoms with Crippen molar-refractivity contribution >= 4 is 11.6 Å². The molecule has 0 aliphatic rings. The lowest BCUT2D eigenvalue weighted by molar-refractivity contribution is 0.292. The summed E-state index contributed by atoms with van der Waals surface area (Å²) in [6.07, 6.45) is 2.84. The van der Waals surface area contributed by atoms with E-state index in [0.29, 0.717) is 11.8 Å². The Kier molecular flexibility index (Phi) is 6.16. The molecule has 0 radical (unpaired) electrons. The third kappa shape index (κ3) is 3.48. The van der Waals surface area contributed by atoms with Crippen LogP contribution in [0.25, 0.3) is 0 Å². The Balaban J connectivity index is 3.07. The molecule has 18 heavy (non-hydrogen) atoms. The molecule has 0 aliphatic carbocycles. The zero-order valence-electron chi connectivity index (χ0n) is 12.2. The van der Waals surface area contributed by atoms with E-state index in [1.54, 1.807) is 6.20 Å².